The Morgan fingerprint density at radius 2 is 1.96 bits per heavy atom. The van der Waals surface area contributed by atoms with Gasteiger partial charge in [0.15, 0.2) is 0 Å². The second-order valence-corrected chi connectivity index (χ2v) is 6.02. The van der Waals surface area contributed by atoms with Gasteiger partial charge in [0.05, 0.1) is 6.10 Å². The van der Waals surface area contributed by atoms with Crippen LogP contribution in [-0.2, 0) is 11.3 Å². The van der Waals surface area contributed by atoms with Crippen molar-refractivity contribution in [3.8, 4) is 0 Å². The van der Waals surface area contributed by atoms with Crippen LogP contribution < -0.4 is 16.0 Å². The number of nitrogens with one attached hydrogen (secondary N) is 3. The van der Waals surface area contributed by atoms with E-state index in [1.165, 1.54) is 0 Å². The maximum atomic E-state index is 12.1. The molecule has 1 heterocycles. The molecule has 0 bridgehead atoms. The first-order valence-electron chi connectivity index (χ1n) is 8.07. The average molecular weight is 319 g/mol. The number of urea groups is 1. The van der Waals surface area contributed by atoms with E-state index in [4.69, 9.17) is 4.74 Å². The molecule has 3 N–H and O–H groups in total. The molecule has 1 fully saturated rings. The molecule has 0 radical (unpaired) electrons. The second kappa shape index (κ2) is 8.53. The molecule has 0 saturated carbocycles. The van der Waals surface area contributed by atoms with Gasteiger partial charge in [-0.25, -0.2) is 4.79 Å². The number of carbonyl (C=O) groups is 2. The molecule has 126 valence electrons. The molecule has 0 aliphatic carbocycles. The Labute approximate surface area is 137 Å². The largest absolute Gasteiger partial charge is 0.376 e. The SMILES string of the molecule is CC(C)NC(=O)NCc1ccc(C(=O)NCC2CCCO2)cc1. The molecule has 1 saturated heterocycles. The van der Waals surface area contributed by atoms with Gasteiger partial charge < -0.3 is 20.7 Å². The molecule has 1 aliphatic heterocycles. The average Bonchev–Trinajstić information content (AvgIpc) is 3.04. The first kappa shape index (κ1) is 17.3. The molecule has 6 nitrogen and oxygen atoms in total. The Balaban J connectivity index is 1.76. The molecule has 23 heavy (non-hydrogen) atoms. The lowest BCUT2D eigenvalue weighted by molar-refractivity contribution is 0.0857. The van der Waals surface area contributed by atoms with E-state index in [9.17, 15) is 9.59 Å². The molecular weight excluding hydrogens is 294 g/mol. The van der Waals surface area contributed by atoms with E-state index >= 15 is 0 Å². The normalized spacial score (nSPS) is 17.1. The Kier molecular flexibility index (Phi) is 6.40. The van der Waals surface area contributed by atoms with Crippen LogP contribution in [0.25, 0.3) is 0 Å². The molecule has 0 aromatic heterocycles. The van der Waals surface area contributed by atoms with Crippen molar-refractivity contribution in [3.63, 3.8) is 0 Å². The summed E-state index contributed by atoms with van der Waals surface area (Å²) in [6, 6.07) is 7.13. The van der Waals surface area contributed by atoms with Crippen LogP contribution in [0.4, 0.5) is 4.79 Å². The molecule has 3 amide bonds. The van der Waals surface area contributed by atoms with Crippen LogP contribution in [0, 0.1) is 0 Å². The van der Waals surface area contributed by atoms with Crippen molar-refractivity contribution in [2.75, 3.05) is 13.2 Å². The smallest absolute Gasteiger partial charge is 0.315 e. The summed E-state index contributed by atoms with van der Waals surface area (Å²) in [7, 11) is 0. The third-order valence-electron chi connectivity index (χ3n) is 3.60. The number of hydrogen-bond donors (Lipinski definition) is 3. The number of benzene rings is 1. The lowest BCUT2D eigenvalue weighted by Gasteiger charge is -2.12. The van der Waals surface area contributed by atoms with E-state index in [1.807, 2.05) is 26.0 Å². The Morgan fingerprint density at radius 1 is 1.22 bits per heavy atom. The summed E-state index contributed by atoms with van der Waals surface area (Å²) in [5, 5.41) is 8.42. The summed E-state index contributed by atoms with van der Waals surface area (Å²) in [6.45, 7) is 5.58. The van der Waals surface area contributed by atoms with Crippen molar-refractivity contribution in [3.05, 3.63) is 35.4 Å². The minimum Gasteiger partial charge on any atom is -0.376 e. The number of rotatable bonds is 6. The molecule has 6 heteroatoms. The van der Waals surface area contributed by atoms with E-state index < -0.39 is 0 Å². The third-order valence-corrected chi connectivity index (χ3v) is 3.60. The standard InChI is InChI=1S/C17H25N3O3/c1-12(2)20-17(22)19-10-13-5-7-14(8-6-13)16(21)18-11-15-4-3-9-23-15/h5-8,12,15H,3-4,9-11H2,1-2H3,(H,18,21)(H2,19,20,22). The van der Waals surface area contributed by atoms with Gasteiger partial charge in [0.25, 0.3) is 5.91 Å². The first-order chi connectivity index (χ1) is 11.0. The predicted molar refractivity (Wildman–Crippen MR) is 88.3 cm³/mol. The minimum absolute atomic E-state index is 0.0995. The van der Waals surface area contributed by atoms with Gasteiger partial charge in [-0.3, -0.25) is 4.79 Å². The van der Waals surface area contributed by atoms with Gasteiger partial charge in [-0.2, -0.15) is 0 Å². The van der Waals surface area contributed by atoms with Crippen molar-refractivity contribution >= 4 is 11.9 Å². The summed E-state index contributed by atoms with van der Waals surface area (Å²) in [6.07, 6.45) is 2.21. The zero-order valence-corrected chi connectivity index (χ0v) is 13.7. The highest BCUT2D eigenvalue weighted by atomic mass is 16.5. The first-order valence-corrected chi connectivity index (χ1v) is 8.07. The highest BCUT2D eigenvalue weighted by Crippen LogP contribution is 2.11. The Hall–Kier alpha value is -2.08. The third kappa shape index (κ3) is 5.90. The van der Waals surface area contributed by atoms with E-state index in [2.05, 4.69) is 16.0 Å². The lowest BCUT2D eigenvalue weighted by atomic mass is 10.1. The fourth-order valence-corrected chi connectivity index (χ4v) is 2.38. The number of hydrogen-bond acceptors (Lipinski definition) is 3. The van der Waals surface area contributed by atoms with Gasteiger partial charge in [0.2, 0.25) is 0 Å². The Bertz CT molecular complexity index is 522. The predicted octanol–water partition coefficient (Wildman–Crippen LogP) is 1.80. The molecule has 1 unspecified atom stereocenters. The monoisotopic (exact) mass is 319 g/mol. The molecule has 0 spiro atoms. The van der Waals surface area contributed by atoms with Crippen LogP contribution in [0.1, 0.15) is 42.6 Å². The molecule has 2 rings (SSSR count). The van der Waals surface area contributed by atoms with Crippen molar-refractivity contribution in [1.82, 2.24) is 16.0 Å². The van der Waals surface area contributed by atoms with Gasteiger partial charge in [-0.05, 0) is 44.4 Å². The highest BCUT2D eigenvalue weighted by molar-refractivity contribution is 5.94. The minimum atomic E-state index is -0.196. The fourth-order valence-electron chi connectivity index (χ4n) is 2.38. The van der Waals surface area contributed by atoms with Crippen molar-refractivity contribution in [2.45, 2.75) is 45.4 Å². The zero-order valence-electron chi connectivity index (χ0n) is 13.7. The van der Waals surface area contributed by atoms with E-state index in [1.54, 1.807) is 12.1 Å². The van der Waals surface area contributed by atoms with E-state index in [-0.39, 0.29) is 24.1 Å². The van der Waals surface area contributed by atoms with Crippen LogP contribution in [0.15, 0.2) is 24.3 Å². The number of carbonyl (C=O) groups excluding carboxylic acids is 2. The van der Waals surface area contributed by atoms with Gasteiger partial charge in [0, 0.05) is 31.3 Å². The van der Waals surface area contributed by atoms with Crippen LogP contribution in [0.2, 0.25) is 0 Å². The van der Waals surface area contributed by atoms with Gasteiger partial charge in [-0.1, -0.05) is 12.1 Å². The number of ether oxygens (including phenoxy) is 1. The van der Waals surface area contributed by atoms with Crippen molar-refractivity contribution in [2.24, 2.45) is 0 Å². The van der Waals surface area contributed by atoms with Crippen LogP contribution in [-0.4, -0.2) is 37.2 Å². The molecule has 1 aromatic rings. The lowest BCUT2D eigenvalue weighted by Crippen LogP contribution is -2.39. The summed E-state index contributed by atoms with van der Waals surface area (Å²) in [5.74, 6) is -0.0995. The topological polar surface area (TPSA) is 79.5 Å². The maximum Gasteiger partial charge on any atom is 0.315 e. The van der Waals surface area contributed by atoms with Crippen LogP contribution in [0.3, 0.4) is 0 Å². The van der Waals surface area contributed by atoms with Crippen LogP contribution in [0.5, 0.6) is 0 Å². The summed E-state index contributed by atoms with van der Waals surface area (Å²) >= 11 is 0. The van der Waals surface area contributed by atoms with Crippen molar-refractivity contribution < 1.29 is 14.3 Å². The summed E-state index contributed by atoms with van der Waals surface area (Å²) < 4.78 is 5.48. The molecule has 1 atom stereocenters. The quantitative estimate of drug-likeness (QED) is 0.748. The second-order valence-electron chi connectivity index (χ2n) is 6.02. The zero-order chi connectivity index (χ0) is 16.7. The van der Waals surface area contributed by atoms with E-state index in [0.717, 1.165) is 25.0 Å². The van der Waals surface area contributed by atoms with Gasteiger partial charge in [-0.15, -0.1) is 0 Å². The summed E-state index contributed by atoms with van der Waals surface area (Å²) in [5.41, 5.74) is 1.55. The highest BCUT2D eigenvalue weighted by Gasteiger charge is 2.16. The molecule has 1 aliphatic rings. The van der Waals surface area contributed by atoms with Crippen molar-refractivity contribution in [1.29, 1.82) is 0 Å². The number of amides is 3. The Morgan fingerprint density at radius 3 is 2.57 bits per heavy atom. The fraction of sp³-hybridized carbons (Fsp3) is 0.529. The van der Waals surface area contributed by atoms with Gasteiger partial charge in [0.1, 0.15) is 0 Å². The maximum absolute atomic E-state index is 12.1. The van der Waals surface area contributed by atoms with E-state index in [0.29, 0.717) is 18.7 Å². The molecular formula is C17H25N3O3. The van der Waals surface area contributed by atoms with Crippen LogP contribution >= 0.6 is 0 Å². The summed E-state index contributed by atoms with van der Waals surface area (Å²) in [4.78, 5) is 23.6. The van der Waals surface area contributed by atoms with Gasteiger partial charge >= 0.3 is 6.03 Å². The molecule has 1 aromatic carbocycles.